The fourth-order valence-corrected chi connectivity index (χ4v) is 4.94. The van der Waals surface area contributed by atoms with Crippen LogP contribution >= 0.6 is 0 Å². The number of hydrogen-bond acceptors (Lipinski definition) is 5. The van der Waals surface area contributed by atoms with Gasteiger partial charge < -0.3 is 14.5 Å². The minimum absolute atomic E-state index is 0.0659. The normalized spacial score (nSPS) is 18.4. The highest BCUT2D eigenvalue weighted by molar-refractivity contribution is 7.96. The third kappa shape index (κ3) is 3.90. The average Bonchev–Trinajstić information content (AvgIpc) is 2.73. The Morgan fingerprint density at radius 3 is 2.42 bits per heavy atom. The van der Waals surface area contributed by atoms with E-state index >= 15 is 0 Å². The summed E-state index contributed by atoms with van der Waals surface area (Å²) in [6, 6.07) is 6.95. The Hall–Kier alpha value is -2.92. The monoisotopic (exact) mass is 456 g/mol. The maximum atomic E-state index is 13.9. The van der Waals surface area contributed by atoms with E-state index in [-0.39, 0.29) is 42.6 Å². The van der Waals surface area contributed by atoms with Crippen molar-refractivity contribution in [2.24, 2.45) is 0 Å². The predicted molar refractivity (Wildman–Crippen MR) is 103 cm³/mol. The molecule has 0 aliphatic carbocycles. The summed E-state index contributed by atoms with van der Waals surface area (Å²) in [5.74, 6) is -1.57. The molecule has 0 saturated carbocycles. The van der Waals surface area contributed by atoms with Crippen molar-refractivity contribution >= 4 is 27.1 Å². The van der Waals surface area contributed by atoms with Crippen LogP contribution in [-0.4, -0.2) is 45.5 Å². The van der Waals surface area contributed by atoms with E-state index in [4.69, 9.17) is 4.74 Å². The van der Waals surface area contributed by atoms with Gasteiger partial charge in [0.1, 0.15) is 5.82 Å². The molecule has 2 aliphatic heterocycles. The van der Waals surface area contributed by atoms with Crippen LogP contribution in [0.25, 0.3) is 0 Å². The first-order valence-electron chi connectivity index (χ1n) is 9.19. The number of rotatable bonds is 2. The molecule has 164 valence electrons. The quantitative estimate of drug-likeness (QED) is 0.512. The summed E-state index contributed by atoms with van der Waals surface area (Å²) in [6.07, 6.45) is -3.69. The number of anilines is 2. The molecule has 0 unspecified atom stereocenters. The van der Waals surface area contributed by atoms with Gasteiger partial charge in [0.2, 0.25) is 9.84 Å². The second-order valence-electron chi connectivity index (χ2n) is 6.93. The van der Waals surface area contributed by atoms with Crippen molar-refractivity contribution < 1.29 is 35.5 Å². The molecule has 0 radical (unpaired) electrons. The van der Waals surface area contributed by atoms with Crippen LogP contribution in [0, 0.1) is 5.82 Å². The summed E-state index contributed by atoms with van der Waals surface area (Å²) in [6.45, 7) is 0.813. The molecule has 0 aromatic heterocycles. The fourth-order valence-electron chi connectivity index (χ4n) is 3.42. The zero-order valence-electron chi connectivity index (χ0n) is 15.9. The number of ether oxygens (including phenoxy) is 1. The minimum atomic E-state index is -4.64. The van der Waals surface area contributed by atoms with Gasteiger partial charge in [0.25, 0.3) is 5.91 Å². The molecule has 6 nitrogen and oxygen atoms in total. The summed E-state index contributed by atoms with van der Waals surface area (Å²) in [5.41, 5.74) is -1.22. The van der Waals surface area contributed by atoms with Gasteiger partial charge in [-0.25, -0.2) is 12.8 Å². The zero-order chi connectivity index (χ0) is 22.4. The van der Waals surface area contributed by atoms with Gasteiger partial charge in [-0.15, -0.1) is 0 Å². The third-order valence-corrected chi connectivity index (χ3v) is 6.75. The topological polar surface area (TPSA) is 66.9 Å². The highest BCUT2D eigenvalue weighted by atomic mass is 32.2. The van der Waals surface area contributed by atoms with Gasteiger partial charge in [0, 0.05) is 25.0 Å². The number of nitrogens with zero attached hydrogens (tertiary/aromatic N) is 2. The van der Waals surface area contributed by atoms with Crippen molar-refractivity contribution in [2.75, 3.05) is 31.2 Å². The fraction of sp³-hybridized carbons (Fsp3) is 0.250. The number of sulfone groups is 1. The molecule has 2 aromatic rings. The second kappa shape index (κ2) is 7.65. The first kappa shape index (κ1) is 21.3. The van der Waals surface area contributed by atoms with E-state index in [9.17, 15) is 30.8 Å². The van der Waals surface area contributed by atoms with E-state index in [1.54, 1.807) is 0 Å². The summed E-state index contributed by atoms with van der Waals surface area (Å²) < 4.78 is 85.0. The molecule has 2 aromatic carbocycles. The third-order valence-electron chi connectivity index (χ3n) is 4.97. The predicted octanol–water partition coefficient (Wildman–Crippen LogP) is 3.47. The Balaban J connectivity index is 1.88. The maximum Gasteiger partial charge on any atom is 0.416 e. The summed E-state index contributed by atoms with van der Waals surface area (Å²) >= 11 is 0. The first-order valence-corrected chi connectivity index (χ1v) is 10.7. The average molecular weight is 456 g/mol. The summed E-state index contributed by atoms with van der Waals surface area (Å²) in [4.78, 5) is 14.4. The maximum absolute atomic E-state index is 13.9. The number of halogens is 4. The van der Waals surface area contributed by atoms with E-state index in [0.29, 0.717) is 0 Å². The summed E-state index contributed by atoms with van der Waals surface area (Å²) in [7, 11) is -4.33. The van der Waals surface area contributed by atoms with E-state index in [1.807, 2.05) is 0 Å². The standard InChI is InChI=1S/C20H16F4N2O4S/c21-14-4-5-17-16(11-14)26(15-3-1-2-13(10-15)20(22,23)24)12-18(31(17,28)29)19(27)25-6-8-30-9-7-25/h1-5,10-12H,6-9H2. The van der Waals surface area contributed by atoms with Crippen molar-refractivity contribution in [3.05, 3.63) is 65.0 Å². The highest BCUT2D eigenvalue weighted by Crippen LogP contribution is 2.41. The van der Waals surface area contributed by atoms with Gasteiger partial charge in [0.05, 0.1) is 29.4 Å². The number of alkyl halides is 3. The zero-order valence-corrected chi connectivity index (χ0v) is 16.7. The number of morpholine rings is 1. The number of fused-ring (bicyclic) bond motifs is 1. The molecule has 2 heterocycles. The Labute approximate surface area is 175 Å². The lowest BCUT2D eigenvalue weighted by atomic mass is 10.1. The molecular formula is C20H16F4N2O4S. The molecule has 0 bridgehead atoms. The molecule has 1 fully saturated rings. The SMILES string of the molecule is O=C(C1=CN(c2cccc(C(F)(F)F)c2)c2cc(F)ccc2S1(=O)=O)N1CCOCC1. The van der Waals surface area contributed by atoms with Gasteiger partial charge in [-0.1, -0.05) is 6.07 Å². The Bertz CT molecular complexity index is 1170. The van der Waals surface area contributed by atoms with Crippen LogP contribution in [0.15, 0.2) is 58.5 Å². The van der Waals surface area contributed by atoms with Crippen molar-refractivity contribution in [2.45, 2.75) is 11.1 Å². The van der Waals surface area contributed by atoms with Gasteiger partial charge in [-0.3, -0.25) is 4.79 Å². The van der Waals surface area contributed by atoms with Crippen molar-refractivity contribution in [1.29, 1.82) is 0 Å². The molecule has 0 spiro atoms. The van der Waals surface area contributed by atoms with Gasteiger partial charge in [-0.2, -0.15) is 13.2 Å². The molecule has 31 heavy (non-hydrogen) atoms. The molecule has 11 heteroatoms. The Kier molecular flexibility index (Phi) is 5.26. The molecule has 2 aliphatic rings. The molecule has 4 rings (SSSR count). The van der Waals surface area contributed by atoms with Crippen molar-refractivity contribution in [3.63, 3.8) is 0 Å². The number of carbonyl (C=O) groups is 1. The first-order chi connectivity index (χ1) is 14.6. The Morgan fingerprint density at radius 2 is 1.74 bits per heavy atom. The molecular weight excluding hydrogens is 440 g/mol. The van der Waals surface area contributed by atoms with Crippen LogP contribution in [0.2, 0.25) is 0 Å². The van der Waals surface area contributed by atoms with E-state index in [0.717, 1.165) is 47.5 Å². The smallest absolute Gasteiger partial charge is 0.378 e. The van der Waals surface area contributed by atoms with Gasteiger partial charge >= 0.3 is 6.18 Å². The van der Waals surface area contributed by atoms with Gasteiger partial charge in [0.15, 0.2) is 4.91 Å². The number of hydrogen-bond donors (Lipinski definition) is 0. The van der Waals surface area contributed by atoms with E-state index in [2.05, 4.69) is 0 Å². The number of amides is 1. The van der Waals surface area contributed by atoms with E-state index in [1.165, 1.54) is 11.0 Å². The molecule has 0 N–H and O–H groups in total. The van der Waals surface area contributed by atoms with Crippen molar-refractivity contribution in [3.8, 4) is 0 Å². The summed E-state index contributed by atoms with van der Waals surface area (Å²) in [5, 5.41) is 0. The van der Waals surface area contributed by atoms with Crippen LogP contribution in [0.5, 0.6) is 0 Å². The Morgan fingerprint density at radius 1 is 1.03 bits per heavy atom. The van der Waals surface area contributed by atoms with E-state index < -0.39 is 38.2 Å². The van der Waals surface area contributed by atoms with Crippen LogP contribution in [0.4, 0.5) is 28.9 Å². The van der Waals surface area contributed by atoms with Crippen LogP contribution < -0.4 is 4.90 Å². The van der Waals surface area contributed by atoms with Crippen LogP contribution in [-0.2, 0) is 25.5 Å². The number of benzene rings is 2. The highest BCUT2D eigenvalue weighted by Gasteiger charge is 2.39. The second-order valence-corrected chi connectivity index (χ2v) is 8.82. The van der Waals surface area contributed by atoms with Crippen LogP contribution in [0.1, 0.15) is 5.56 Å². The lowest BCUT2D eigenvalue weighted by Crippen LogP contribution is -2.43. The van der Waals surface area contributed by atoms with Gasteiger partial charge in [-0.05, 0) is 36.4 Å². The molecule has 1 saturated heterocycles. The molecule has 1 amide bonds. The lowest BCUT2D eigenvalue weighted by Gasteiger charge is -2.32. The molecule has 0 atom stereocenters. The number of carbonyl (C=O) groups excluding carboxylic acids is 1. The lowest BCUT2D eigenvalue weighted by molar-refractivity contribution is -0.137. The minimum Gasteiger partial charge on any atom is -0.378 e. The largest absolute Gasteiger partial charge is 0.416 e. The van der Waals surface area contributed by atoms with Crippen molar-refractivity contribution in [1.82, 2.24) is 4.90 Å². The van der Waals surface area contributed by atoms with Crippen LogP contribution in [0.3, 0.4) is 0 Å².